The first-order chi connectivity index (χ1) is 8.61. The van der Waals surface area contributed by atoms with E-state index >= 15 is 0 Å². The van der Waals surface area contributed by atoms with Crippen LogP contribution >= 0.6 is 0 Å². The van der Waals surface area contributed by atoms with Gasteiger partial charge in [-0.2, -0.15) is 0 Å². The molecule has 4 nitrogen and oxygen atoms in total. The summed E-state index contributed by atoms with van der Waals surface area (Å²) in [5.41, 5.74) is 0. The van der Waals surface area contributed by atoms with Gasteiger partial charge < -0.3 is 15.5 Å². The quantitative estimate of drug-likeness (QED) is 0.577. The summed E-state index contributed by atoms with van der Waals surface area (Å²) in [7, 11) is 4.05. The van der Waals surface area contributed by atoms with Gasteiger partial charge in [-0.3, -0.25) is 4.99 Å². The lowest BCUT2D eigenvalue weighted by molar-refractivity contribution is 0.220. The number of aliphatic imine (C=N–C) groups is 1. The molecule has 1 rings (SSSR count). The van der Waals surface area contributed by atoms with E-state index in [4.69, 9.17) is 0 Å². The van der Waals surface area contributed by atoms with Gasteiger partial charge >= 0.3 is 0 Å². The standard InChI is InChI=1S/C14H30N4/c1-12(2)5-8-16-14(15-3)17-11-13-6-9-18(4)10-7-13/h12-13H,5-11H2,1-4H3,(H2,15,16,17). The molecule has 1 saturated heterocycles. The van der Waals surface area contributed by atoms with E-state index in [0.29, 0.717) is 0 Å². The fourth-order valence-corrected chi connectivity index (χ4v) is 2.21. The van der Waals surface area contributed by atoms with E-state index in [0.717, 1.165) is 30.9 Å². The van der Waals surface area contributed by atoms with E-state index < -0.39 is 0 Å². The predicted octanol–water partition coefficient (Wildman–Crippen LogP) is 1.54. The monoisotopic (exact) mass is 254 g/mol. The number of guanidine groups is 1. The maximum atomic E-state index is 4.27. The summed E-state index contributed by atoms with van der Waals surface area (Å²) in [6.07, 6.45) is 3.79. The van der Waals surface area contributed by atoms with Gasteiger partial charge in [0.05, 0.1) is 0 Å². The topological polar surface area (TPSA) is 39.7 Å². The Morgan fingerprint density at radius 1 is 1.28 bits per heavy atom. The van der Waals surface area contributed by atoms with Crippen LogP contribution in [-0.4, -0.2) is 51.1 Å². The van der Waals surface area contributed by atoms with Crippen LogP contribution in [0.1, 0.15) is 33.1 Å². The van der Waals surface area contributed by atoms with Crippen LogP contribution in [0, 0.1) is 11.8 Å². The molecule has 1 aliphatic rings. The van der Waals surface area contributed by atoms with Crippen molar-refractivity contribution in [3.8, 4) is 0 Å². The van der Waals surface area contributed by atoms with E-state index in [9.17, 15) is 0 Å². The van der Waals surface area contributed by atoms with Gasteiger partial charge in [-0.1, -0.05) is 13.8 Å². The Morgan fingerprint density at radius 3 is 2.50 bits per heavy atom. The largest absolute Gasteiger partial charge is 0.356 e. The van der Waals surface area contributed by atoms with Crippen LogP contribution in [0.25, 0.3) is 0 Å². The zero-order chi connectivity index (χ0) is 13.4. The van der Waals surface area contributed by atoms with Crippen LogP contribution in [0.4, 0.5) is 0 Å². The van der Waals surface area contributed by atoms with Crippen LogP contribution < -0.4 is 10.6 Å². The first-order valence-electron chi connectivity index (χ1n) is 7.25. The zero-order valence-electron chi connectivity index (χ0n) is 12.5. The number of nitrogens with one attached hydrogen (secondary N) is 2. The minimum Gasteiger partial charge on any atom is -0.356 e. The van der Waals surface area contributed by atoms with Crippen molar-refractivity contribution in [3.05, 3.63) is 0 Å². The summed E-state index contributed by atoms with van der Waals surface area (Å²) in [4.78, 5) is 6.68. The molecular weight excluding hydrogens is 224 g/mol. The Morgan fingerprint density at radius 2 is 1.94 bits per heavy atom. The lowest BCUT2D eigenvalue weighted by Gasteiger charge is -2.29. The zero-order valence-corrected chi connectivity index (χ0v) is 12.5. The molecule has 0 unspecified atom stereocenters. The van der Waals surface area contributed by atoms with Gasteiger partial charge in [-0.25, -0.2) is 0 Å². The summed E-state index contributed by atoms with van der Waals surface area (Å²) in [6.45, 7) is 9.00. The van der Waals surface area contributed by atoms with Crippen molar-refractivity contribution in [2.75, 3.05) is 40.3 Å². The number of hydrogen-bond donors (Lipinski definition) is 2. The highest BCUT2D eigenvalue weighted by Gasteiger charge is 2.16. The third kappa shape index (κ3) is 6.24. The highest BCUT2D eigenvalue weighted by Crippen LogP contribution is 2.14. The number of nitrogens with zero attached hydrogens (tertiary/aromatic N) is 2. The van der Waals surface area contributed by atoms with Crippen molar-refractivity contribution in [2.24, 2.45) is 16.8 Å². The average Bonchev–Trinajstić information content (AvgIpc) is 2.35. The Labute approximate surface area is 112 Å². The van der Waals surface area contributed by atoms with Gasteiger partial charge in [0.25, 0.3) is 0 Å². The van der Waals surface area contributed by atoms with E-state index in [1.807, 2.05) is 7.05 Å². The minimum atomic E-state index is 0.740. The van der Waals surface area contributed by atoms with Crippen LogP contribution in [-0.2, 0) is 0 Å². The SMILES string of the molecule is CN=C(NCCC(C)C)NCC1CCN(C)CC1. The summed E-state index contributed by atoms with van der Waals surface area (Å²) in [5, 5.41) is 6.83. The van der Waals surface area contributed by atoms with Crippen molar-refractivity contribution < 1.29 is 0 Å². The van der Waals surface area contributed by atoms with Crippen LogP contribution in [0.3, 0.4) is 0 Å². The number of piperidine rings is 1. The molecule has 0 aromatic rings. The Hall–Kier alpha value is -0.770. The van der Waals surface area contributed by atoms with Gasteiger partial charge in [-0.05, 0) is 51.2 Å². The van der Waals surface area contributed by atoms with E-state index in [-0.39, 0.29) is 0 Å². The molecule has 18 heavy (non-hydrogen) atoms. The van der Waals surface area contributed by atoms with Crippen LogP contribution in [0.2, 0.25) is 0 Å². The second-order valence-corrected chi connectivity index (χ2v) is 5.81. The number of hydrogen-bond acceptors (Lipinski definition) is 2. The minimum absolute atomic E-state index is 0.740. The second kappa shape index (κ2) is 8.35. The first-order valence-corrected chi connectivity index (χ1v) is 7.25. The summed E-state index contributed by atoms with van der Waals surface area (Å²) in [6, 6.07) is 0. The molecule has 2 N–H and O–H groups in total. The molecule has 0 radical (unpaired) electrons. The third-order valence-corrected chi connectivity index (χ3v) is 3.63. The van der Waals surface area contributed by atoms with Crippen LogP contribution in [0.5, 0.6) is 0 Å². The molecule has 0 atom stereocenters. The van der Waals surface area contributed by atoms with Gasteiger partial charge in [0.2, 0.25) is 0 Å². The molecule has 0 aromatic heterocycles. The van der Waals surface area contributed by atoms with E-state index in [1.165, 1.54) is 32.4 Å². The number of rotatable bonds is 5. The predicted molar refractivity (Wildman–Crippen MR) is 79.0 cm³/mol. The first kappa shape index (κ1) is 15.3. The molecule has 0 aliphatic carbocycles. The second-order valence-electron chi connectivity index (χ2n) is 5.81. The third-order valence-electron chi connectivity index (χ3n) is 3.63. The van der Waals surface area contributed by atoms with Gasteiger partial charge in [0.15, 0.2) is 5.96 Å². The van der Waals surface area contributed by atoms with Crippen molar-refractivity contribution in [1.82, 2.24) is 15.5 Å². The fraction of sp³-hybridized carbons (Fsp3) is 0.929. The maximum Gasteiger partial charge on any atom is 0.190 e. The normalized spacial score (nSPS) is 19.3. The maximum absolute atomic E-state index is 4.27. The highest BCUT2D eigenvalue weighted by atomic mass is 15.2. The molecule has 1 heterocycles. The van der Waals surface area contributed by atoms with Crippen molar-refractivity contribution in [2.45, 2.75) is 33.1 Å². The molecular formula is C14H30N4. The molecule has 0 saturated carbocycles. The highest BCUT2D eigenvalue weighted by molar-refractivity contribution is 5.79. The molecule has 4 heteroatoms. The molecule has 0 aromatic carbocycles. The molecule has 1 fully saturated rings. The van der Waals surface area contributed by atoms with Crippen molar-refractivity contribution >= 4 is 5.96 Å². The fourth-order valence-electron chi connectivity index (χ4n) is 2.21. The van der Waals surface area contributed by atoms with Gasteiger partial charge in [-0.15, -0.1) is 0 Å². The summed E-state index contributed by atoms with van der Waals surface area (Å²) in [5.74, 6) is 2.49. The lowest BCUT2D eigenvalue weighted by Crippen LogP contribution is -2.42. The molecule has 0 amide bonds. The van der Waals surface area contributed by atoms with Crippen LogP contribution in [0.15, 0.2) is 4.99 Å². The van der Waals surface area contributed by atoms with Gasteiger partial charge in [0.1, 0.15) is 0 Å². The smallest absolute Gasteiger partial charge is 0.190 e. The Balaban J connectivity index is 2.15. The summed E-state index contributed by atoms with van der Waals surface area (Å²) >= 11 is 0. The lowest BCUT2D eigenvalue weighted by atomic mass is 9.97. The Bertz CT molecular complexity index is 242. The number of likely N-dealkylation sites (tertiary alicyclic amines) is 1. The Kier molecular flexibility index (Phi) is 7.09. The molecule has 1 aliphatic heterocycles. The van der Waals surface area contributed by atoms with Gasteiger partial charge in [0, 0.05) is 20.1 Å². The summed E-state index contributed by atoms with van der Waals surface area (Å²) < 4.78 is 0. The molecule has 0 spiro atoms. The van der Waals surface area contributed by atoms with Crippen molar-refractivity contribution in [3.63, 3.8) is 0 Å². The average molecular weight is 254 g/mol. The molecule has 0 bridgehead atoms. The van der Waals surface area contributed by atoms with Crippen molar-refractivity contribution in [1.29, 1.82) is 0 Å². The van der Waals surface area contributed by atoms with E-state index in [2.05, 4.69) is 41.4 Å². The van der Waals surface area contributed by atoms with E-state index in [1.54, 1.807) is 0 Å². The molecule has 106 valence electrons.